The van der Waals surface area contributed by atoms with Crippen LogP contribution >= 0.6 is 0 Å². The molecule has 1 heterocycles. The van der Waals surface area contributed by atoms with Gasteiger partial charge in [0.15, 0.2) is 8.07 Å². The van der Waals surface area contributed by atoms with Crippen molar-refractivity contribution in [1.29, 1.82) is 0 Å². The van der Waals surface area contributed by atoms with Gasteiger partial charge >= 0.3 is 0 Å². The second-order valence-electron chi connectivity index (χ2n) is 10.3. The van der Waals surface area contributed by atoms with Crippen molar-refractivity contribution in [3.63, 3.8) is 0 Å². The highest BCUT2D eigenvalue weighted by Crippen LogP contribution is 2.32. The number of fused-ring (bicyclic) bond motifs is 3. The number of nitrogens with zero attached hydrogens (tertiary/aromatic N) is 1. The van der Waals surface area contributed by atoms with Gasteiger partial charge in [0, 0.05) is 16.5 Å². The van der Waals surface area contributed by atoms with Crippen molar-refractivity contribution < 1.29 is 0 Å². The van der Waals surface area contributed by atoms with Gasteiger partial charge in [-0.25, -0.2) is 0 Å². The summed E-state index contributed by atoms with van der Waals surface area (Å²) in [5.74, 6) is 0. The minimum absolute atomic E-state index is 1.21. The van der Waals surface area contributed by atoms with Crippen LogP contribution in [0.4, 0.5) is 0 Å². The maximum Gasteiger partial charge on any atom is 0.179 e. The van der Waals surface area contributed by atoms with E-state index in [1.54, 1.807) is 0 Å². The molecule has 0 aliphatic heterocycles. The second kappa shape index (κ2) is 9.58. The fourth-order valence-electron chi connectivity index (χ4n) is 6.37. The van der Waals surface area contributed by atoms with Gasteiger partial charge in [-0.3, -0.25) is 0 Å². The van der Waals surface area contributed by atoms with Gasteiger partial charge < -0.3 is 4.57 Å². The van der Waals surface area contributed by atoms with Crippen LogP contribution in [0.3, 0.4) is 0 Å². The number of aromatic nitrogens is 1. The molecule has 0 spiro atoms. The van der Waals surface area contributed by atoms with Crippen molar-refractivity contribution in [3.8, 4) is 5.69 Å². The van der Waals surface area contributed by atoms with Gasteiger partial charge in [-0.1, -0.05) is 133 Å². The average Bonchev–Trinajstić information content (AvgIpc) is 3.34. The van der Waals surface area contributed by atoms with E-state index < -0.39 is 8.07 Å². The highest BCUT2D eigenvalue weighted by atomic mass is 28.3. The van der Waals surface area contributed by atoms with E-state index in [0.29, 0.717) is 0 Å². The van der Waals surface area contributed by atoms with Crippen LogP contribution in [-0.4, -0.2) is 12.6 Å². The SMILES string of the molecule is Cc1cc(-n2c3ccccc3c3ccccc32)cc([Si](c2ccccc2)(c2ccccc2)c2ccccc2)c1. The van der Waals surface area contributed by atoms with Crippen LogP contribution in [0.2, 0.25) is 0 Å². The summed E-state index contributed by atoms with van der Waals surface area (Å²) in [7, 11) is -2.62. The summed E-state index contributed by atoms with van der Waals surface area (Å²) in [6.45, 7) is 2.24. The van der Waals surface area contributed by atoms with E-state index in [9.17, 15) is 0 Å². The van der Waals surface area contributed by atoms with Crippen molar-refractivity contribution in [2.75, 3.05) is 0 Å². The largest absolute Gasteiger partial charge is 0.309 e. The van der Waals surface area contributed by atoms with Gasteiger partial charge in [-0.15, -0.1) is 0 Å². The number of hydrogen-bond acceptors (Lipinski definition) is 0. The van der Waals surface area contributed by atoms with Crippen molar-refractivity contribution >= 4 is 50.6 Å². The molecule has 39 heavy (non-hydrogen) atoms. The van der Waals surface area contributed by atoms with E-state index >= 15 is 0 Å². The number of hydrogen-bond donors (Lipinski definition) is 0. The van der Waals surface area contributed by atoms with Gasteiger partial charge in [0.1, 0.15) is 0 Å². The normalized spacial score (nSPS) is 11.7. The molecule has 1 nitrogen and oxygen atoms in total. The minimum Gasteiger partial charge on any atom is -0.309 e. The van der Waals surface area contributed by atoms with Crippen LogP contribution in [0.25, 0.3) is 27.5 Å². The van der Waals surface area contributed by atoms with Crippen LogP contribution in [0, 0.1) is 6.92 Å². The summed E-state index contributed by atoms with van der Waals surface area (Å²) < 4.78 is 2.45. The predicted molar refractivity (Wildman–Crippen MR) is 169 cm³/mol. The highest BCUT2D eigenvalue weighted by Gasteiger charge is 2.41. The standard InChI is InChI=1S/C37H29NSi/c1-28-25-29(38-36-23-13-11-21-34(36)35-22-12-14-24-37(35)38)27-33(26-28)39(30-15-5-2-6-16-30,31-17-7-3-8-18-31)32-19-9-4-10-20-32/h2-27H,1H3. The lowest BCUT2D eigenvalue weighted by Crippen LogP contribution is -2.74. The molecular formula is C37H29NSi. The fourth-order valence-corrected chi connectivity index (χ4v) is 11.3. The Kier molecular flexibility index (Phi) is 5.76. The molecule has 0 aliphatic carbocycles. The zero-order chi connectivity index (χ0) is 26.2. The van der Waals surface area contributed by atoms with Crippen LogP contribution in [-0.2, 0) is 0 Å². The Morgan fingerprint density at radius 2 is 0.821 bits per heavy atom. The third-order valence-corrected chi connectivity index (χ3v) is 12.7. The summed E-state index contributed by atoms with van der Waals surface area (Å²) in [6.07, 6.45) is 0. The van der Waals surface area contributed by atoms with Crippen LogP contribution in [0.1, 0.15) is 5.56 Å². The molecule has 7 rings (SSSR count). The van der Waals surface area contributed by atoms with Gasteiger partial charge in [-0.2, -0.15) is 0 Å². The molecule has 0 amide bonds. The third-order valence-electron chi connectivity index (χ3n) is 7.95. The molecule has 0 fully saturated rings. The summed E-state index contributed by atoms with van der Waals surface area (Å²) in [5.41, 5.74) is 4.95. The third kappa shape index (κ3) is 3.76. The first-order valence-corrected chi connectivity index (χ1v) is 15.5. The van der Waals surface area contributed by atoms with Crippen LogP contribution in [0.5, 0.6) is 0 Å². The molecule has 0 atom stereocenters. The lowest BCUT2D eigenvalue weighted by molar-refractivity contribution is 1.17. The molecule has 0 radical (unpaired) electrons. The minimum atomic E-state index is -2.62. The number of para-hydroxylation sites is 2. The van der Waals surface area contributed by atoms with Crippen LogP contribution in [0.15, 0.2) is 158 Å². The van der Waals surface area contributed by atoms with Gasteiger partial charge in [0.05, 0.1) is 11.0 Å². The van der Waals surface area contributed by atoms with E-state index in [0.717, 1.165) is 0 Å². The van der Waals surface area contributed by atoms with E-state index in [1.807, 2.05) is 0 Å². The summed E-state index contributed by atoms with van der Waals surface area (Å²) >= 11 is 0. The highest BCUT2D eigenvalue weighted by molar-refractivity contribution is 7.19. The zero-order valence-electron chi connectivity index (χ0n) is 22.0. The quantitative estimate of drug-likeness (QED) is 0.183. The van der Waals surface area contributed by atoms with Gasteiger partial charge in [-0.05, 0) is 57.5 Å². The molecule has 0 N–H and O–H groups in total. The maximum absolute atomic E-state index is 2.62. The Hall–Kier alpha value is -4.66. The van der Waals surface area contributed by atoms with Crippen molar-refractivity contribution in [2.24, 2.45) is 0 Å². The average molecular weight is 516 g/mol. The first-order chi connectivity index (χ1) is 19.3. The van der Waals surface area contributed by atoms with Crippen molar-refractivity contribution in [1.82, 2.24) is 4.57 Å². The molecule has 1 aromatic heterocycles. The fraction of sp³-hybridized carbons (Fsp3) is 0.0270. The number of benzene rings is 6. The summed E-state index contributed by atoms with van der Waals surface area (Å²) in [4.78, 5) is 0. The Balaban J connectivity index is 1.60. The lowest BCUT2D eigenvalue weighted by atomic mass is 10.2. The molecular weight excluding hydrogens is 487 g/mol. The van der Waals surface area contributed by atoms with Crippen molar-refractivity contribution in [3.05, 3.63) is 163 Å². The maximum atomic E-state index is 2.46. The zero-order valence-corrected chi connectivity index (χ0v) is 23.0. The first-order valence-electron chi connectivity index (χ1n) is 13.5. The Bertz CT molecular complexity index is 1750. The summed E-state index contributed by atoms with van der Waals surface area (Å²) in [6, 6.07) is 58.2. The molecule has 0 unspecified atom stereocenters. The Morgan fingerprint density at radius 3 is 1.28 bits per heavy atom. The molecule has 0 bridgehead atoms. The van der Waals surface area contributed by atoms with Crippen LogP contribution < -0.4 is 20.7 Å². The second-order valence-corrected chi connectivity index (χ2v) is 14.1. The molecule has 186 valence electrons. The Morgan fingerprint density at radius 1 is 0.410 bits per heavy atom. The molecule has 0 saturated heterocycles. The number of aryl methyl sites for hydroxylation is 1. The van der Waals surface area contributed by atoms with E-state index in [4.69, 9.17) is 0 Å². The van der Waals surface area contributed by atoms with Gasteiger partial charge in [0.2, 0.25) is 0 Å². The van der Waals surface area contributed by atoms with E-state index in [2.05, 4.69) is 169 Å². The van der Waals surface area contributed by atoms with Gasteiger partial charge in [0.25, 0.3) is 0 Å². The smallest absolute Gasteiger partial charge is 0.179 e. The molecule has 0 aliphatic rings. The monoisotopic (exact) mass is 515 g/mol. The molecule has 6 aromatic carbocycles. The van der Waals surface area contributed by atoms with Crippen molar-refractivity contribution in [2.45, 2.75) is 6.92 Å². The molecule has 2 heteroatoms. The lowest BCUT2D eigenvalue weighted by Gasteiger charge is -2.35. The molecule has 7 aromatic rings. The summed E-state index contributed by atoms with van der Waals surface area (Å²) in [5, 5.41) is 8.13. The van der Waals surface area contributed by atoms with E-state index in [1.165, 1.54) is 53.8 Å². The predicted octanol–water partition coefficient (Wildman–Crippen LogP) is 6.47. The first kappa shape index (κ1) is 23.5. The number of rotatable bonds is 5. The topological polar surface area (TPSA) is 4.93 Å². The molecule has 0 saturated carbocycles. The Labute approximate surface area is 230 Å². The van der Waals surface area contributed by atoms with E-state index in [-0.39, 0.29) is 0 Å².